The third-order valence-corrected chi connectivity index (χ3v) is 14.7. The summed E-state index contributed by atoms with van der Waals surface area (Å²) in [6, 6.07) is 36.4. The molecule has 4 aliphatic heterocycles. The highest BCUT2D eigenvalue weighted by atomic mass is 28.4. The van der Waals surface area contributed by atoms with E-state index in [-0.39, 0.29) is 37.3 Å². The Hall–Kier alpha value is -5.68. The lowest BCUT2D eigenvalue weighted by Crippen LogP contribution is -2.45. The van der Waals surface area contributed by atoms with E-state index in [1.165, 1.54) is 0 Å². The zero-order chi connectivity index (χ0) is 38.0. The Labute approximate surface area is 318 Å². The molecule has 0 unspecified atom stereocenters. The second-order valence-electron chi connectivity index (χ2n) is 15.7. The SMILES string of the molecule is C[C@H]1[C@H]([Si](C)(C)F)[C@@H](CCO)O[C@]12C(=O)N(Cc1cccc(N3C(=O)c4cccc5cccc3c45)c1)c1ccc(N3C(=O)c4cccc5cccc3c45)cc12. The Morgan fingerprint density at radius 2 is 1.29 bits per heavy atom. The number of amides is 3. The standard InChI is InChI=1S/C45H38FN3O5Si/c1-26-41(55(2,3)46)38(21-22-50)54-45(26)34-24-31(49-37-18-8-13-29-11-6-16-33(40(29)37)43(49)52)19-20-35(34)47(44(45)53)25-27-9-4-14-30(23-27)48-36-17-7-12-28-10-5-15-32(39(28)36)42(48)51/h4-20,23-24,26,38,41,50H,21-22,25H2,1-3H3/t26-,38+,41-,45+/m0/s1. The zero-order valence-electron chi connectivity index (χ0n) is 30.6. The van der Waals surface area contributed by atoms with Gasteiger partial charge in [0.1, 0.15) is 0 Å². The lowest BCUT2D eigenvalue weighted by molar-refractivity contribution is -0.146. The van der Waals surface area contributed by atoms with Crippen LogP contribution in [0.5, 0.6) is 0 Å². The van der Waals surface area contributed by atoms with E-state index < -0.39 is 31.6 Å². The van der Waals surface area contributed by atoms with Crippen molar-refractivity contribution in [3.05, 3.63) is 138 Å². The summed E-state index contributed by atoms with van der Waals surface area (Å²) in [5.74, 6) is -1.15. The van der Waals surface area contributed by atoms with E-state index >= 15 is 8.90 Å². The number of aliphatic hydroxyl groups is 1. The first-order valence-corrected chi connectivity index (χ1v) is 21.7. The molecule has 10 heteroatoms. The normalized spacial score (nSPS) is 22.7. The monoisotopic (exact) mass is 747 g/mol. The molecule has 1 fully saturated rings. The van der Waals surface area contributed by atoms with Crippen LogP contribution in [0.1, 0.15) is 45.2 Å². The average Bonchev–Trinajstić information content (AvgIpc) is 3.82. The zero-order valence-corrected chi connectivity index (χ0v) is 31.6. The van der Waals surface area contributed by atoms with Crippen molar-refractivity contribution < 1.29 is 28.3 Å². The summed E-state index contributed by atoms with van der Waals surface area (Å²) < 4.78 is 23.2. The summed E-state index contributed by atoms with van der Waals surface area (Å²) in [4.78, 5) is 48.2. The molecule has 1 saturated heterocycles. The van der Waals surface area contributed by atoms with E-state index in [1.54, 1.807) is 27.8 Å². The van der Waals surface area contributed by atoms with Crippen molar-refractivity contribution in [3.63, 3.8) is 0 Å². The number of carbonyl (C=O) groups excluding carboxylic acids is 3. The number of anilines is 5. The molecule has 3 amide bonds. The van der Waals surface area contributed by atoms with Crippen molar-refractivity contribution in [3.8, 4) is 0 Å². The molecule has 4 atom stereocenters. The van der Waals surface area contributed by atoms with Gasteiger partial charge in [-0.15, -0.1) is 0 Å². The maximum absolute atomic E-state index is 16.3. The minimum atomic E-state index is -3.44. The molecule has 6 aromatic rings. The molecule has 0 aliphatic carbocycles. The lowest BCUT2D eigenvalue weighted by Gasteiger charge is -2.31. The van der Waals surface area contributed by atoms with E-state index in [1.807, 2.05) is 122 Å². The number of benzene rings is 6. The summed E-state index contributed by atoms with van der Waals surface area (Å²) in [7, 11) is -3.44. The quantitative estimate of drug-likeness (QED) is 0.130. The Balaban J connectivity index is 1.08. The highest BCUT2D eigenvalue weighted by Gasteiger charge is 2.66. The van der Waals surface area contributed by atoms with Crippen molar-refractivity contribution in [2.24, 2.45) is 5.92 Å². The molecule has 6 aromatic carbocycles. The summed E-state index contributed by atoms with van der Waals surface area (Å²) >= 11 is 0. The smallest absolute Gasteiger partial charge is 0.264 e. The van der Waals surface area contributed by atoms with Gasteiger partial charge in [0.05, 0.1) is 40.8 Å². The van der Waals surface area contributed by atoms with Gasteiger partial charge in [0.25, 0.3) is 17.7 Å². The predicted molar refractivity (Wildman–Crippen MR) is 215 cm³/mol. The Morgan fingerprint density at radius 1 is 0.727 bits per heavy atom. The van der Waals surface area contributed by atoms with Crippen LogP contribution in [0.2, 0.25) is 18.6 Å². The Morgan fingerprint density at radius 3 is 1.87 bits per heavy atom. The van der Waals surface area contributed by atoms with E-state index in [9.17, 15) is 14.7 Å². The van der Waals surface area contributed by atoms with Gasteiger partial charge in [0.15, 0.2) is 5.60 Å². The number of hydrogen-bond acceptors (Lipinski definition) is 5. The fourth-order valence-electron chi connectivity index (χ4n) is 10.0. The molecule has 0 aromatic heterocycles. The lowest BCUT2D eigenvalue weighted by atomic mass is 9.82. The molecule has 8 nitrogen and oxygen atoms in total. The maximum Gasteiger partial charge on any atom is 0.264 e. The van der Waals surface area contributed by atoms with Crippen LogP contribution in [0.4, 0.5) is 32.5 Å². The van der Waals surface area contributed by atoms with Crippen LogP contribution in [0.15, 0.2) is 115 Å². The fraction of sp³-hybridized carbons (Fsp3) is 0.222. The Kier molecular flexibility index (Phi) is 7.33. The van der Waals surface area contributed by atoms with Gasteiger partial charge in [-0.05, 0) is 90.4 Å². The summed E-state index contributed by atoms with van der Waals surface area (Å²) in [6.45, 7) is 5.13. The van der Waals surface area contributed by atoms with Crippen LogP contribution in [0.25, 0.3) is 21.5 Å². The third kappa shape index (κ3) is 4.65. The minimum absolute atomic E-state index is 0.112. The van der Waals surface area contributed by atoms with Crippen LogP contribution in [0.3, 0.4) is 0 Å². The highest BCUT2D eigenvalue weighted by molar-refractivity contribution is 6.72. The maximum atomic E-state index is 16.3. The second-order valence-corrected chi connectivity index (χ2v) is 19.5. The molecule has 1 N–H and O–H groups in total. The minimum Gasteiger partial charge on any atom is -0.396 e. The molecule has 55 heavy (non-hydrogen) atoms. The molecule has 274 valence electrons. The van der Waals surface area contributed by atoms with Gasteiger partial charge >= 0.3 is 0 Å². The number of hydrogen-bond donors (Lipinski definition) is 1. The molecule has 0 radical (unpaired) electrons. The van der Waals surface area contributed by atoms with Gasteiger partial charge in [-0.25, -0.2) is 0 Å². The number of rotatable bonds is 7. The number of carbonyl (C=O) groups is 3. The van der Waals surface area contributed by atoms with Crippen molar-refractivity contribution in [2.45, 2.75) is 50.2 Å². The van der Waals surface area contributed by atoms with Gasteiger partial charge in [0.2, 0.25) is 8.41 Å². The molecular formula is C45H38FN3O5Si. The summed E-state index contributed by atoms with van der Waals surface area (Å²) in [6.07, 6.45) is -0.477. The van der Waals surface area contributed by atoms with Crippen molar-refractivity contribution in [1.29, 1.82) is 0 Å². The van der Waals surface area contributed by atoms with E-state index in [0.717, 1.165) is 38.5 Å². The largest absolute Gasteiger partial charge is 0.396 e. The van der Waals surface area contributed by atoms with Crippen LogP contribution in [-0.2, 0) is 21.7 Å². The third-order valence-electron chi connectivity index (χ3n) is 12.2. The Bertz CT molecular complexity index is 2650. The molecule has 10 rings (SSSR count). The highest BCUT2D eigenvalue weighted by Crippen LogP contribution is 2.61. The number of nitrogens with zero attached hydrogens (tertiary/aromatic N) is 3. The van der Waals surface area contributed by atoms with Gasteiger partial charge < -0.3 is 18.9 Å². The topological polar surface area (TPSA) is 90.4 Å². The van der Waals surface area contributed by atoms with Crippen LogP contribution >= 0.6 is 0 Å². The molecule has 4 aliphatic rings. The number of aliphatic hydroxyl groups excluding tert-OH is 1. The first-order chi connectivity index (χ1) is 26.5. The van der Waals surface area contributed by atoms with Gasteiger partial charge in [-0.3, -0.25) is 24.2 Å². The predicted octanol–water partition coefficient (Wildman–Crippen LogP) is 9.28. The second kappa shape index (κ2) is 11.9. The first-order valence-electron chi connectivity index (χ1n) is 18.8. The van der Waals surface area contributed by atoms with E-state index in [2.05, 4.69) is 0 Å². The molecule has 0 saturated carbocycles. The number of halogens is 1. The van der Waals surface area contributed by atoms with Gasteiger partial charge in [-0.1, -0.05) is 67.6 Å². The average molecular weight is 748 g/mol. The number of fused-ring (bicyclic) bond motifs is 2. The molecule has 4 heterocycles. The van der Waals surface area contributed by atoms with E-state index in [0.29, 0.717) is 33.8 Å². The molecule has 1 spiro atoms. The van der Waals surface area contributed by atoms with Crippen LogP contribution in [-0.4, -0.2) is 43.9 Å². The van der Waals surface area contributed by atoms with Gasteiger partial charge in [-0.2, -0.15) is 0 Å². The number of ether oxygens (including phenoxy) is 1. The van der Waals surface area contributed by atoms with E-state index in [4.69, 9.17) is 4.74 Å². The van der Waals surface area contributed by atoms with Crippen molar-refractivity contribution >= 4 is 76.1 Å². The summed E-state index contributed by atoms with van der Waals surface area (Å²) in [5.41, 5.74) is 3.96. The van der Waals surface area contributed by atoms with Crippen LogP contribution in [0, 0.1) is 5.92 Å². The molecular weight excluding hydrogens is 710 g/mol. The molecule has 0 bridgehead atoms. The van der Waals surface area contributed by atoms with Gasteiger partial charge in [0, 0.05) is 45.8 Å². The fourth-order valence-corrected chi connectivity index (χ4v) is 12.6. The first kappa shape index (κ1) is 33.9. The van der Waals surface area contributed by atoms with Crippen LogP contribution < -0.4 is 14.7 Å². The van der Waals surface area contributed by atoms with Crippen molar-refractivity contribution in [1.82, 2.24) is 0 Å². The summed E-state index contributed by atoms with van der Waals surface area (Å²) in [5, 5.41) is 13.8. The van der Waals surface area contributed by atoms with Crippen molar-refractivity contribution in [2.75, 3.05) is 21.3 Å².